The zero-order chi connectivity index (χ0) is 64.9. The second-order valence-corrected chi connectivity index (χ2v) is 26.8. The maximum Gasteiger partial charge on any atom is 0.411 e. The number of alkyl carbamates (subject to hydrolysis) is 1. The summed E-state index contributed by atoms with van der Waals surface area (Å²) in [7, 11) is 10.8. The molecule has 6 aliphatic rings. The van der Waals surface area contributed by atoms with Crippen LogP contribution in [0.4, 0.5) is 10.5 Å². The number of ketones is 1. The average molecular weight is 1330 g/mol. The number of nitrogens with one attached hydrogen (secondary N) is 4. The van der Waals surface area contributed by atoms with Crippen LogP contribution in [0.1, 0.15) is 64.2 Å². The molecule has 89 heavy (non-hydrogen) atoms. The number of fused-ring (bicyclic) bond motifs is 2. The fourth-order valence-corrected chi connectivity index (χ4v) is 14.1. The zero-order valence-corrected chi connectivity index (χ0v) is 54.6. The number of benzene rings is 1. The lowest BCUT2D eigenvalue weighted by Crippen LogP contribution is -2.65. The molecule has 8 N–H and O–H groups in total. The molecule has 2 bridgehead atoms. The van der Waals surface area contributed by atoms with E-state index in [0.29, 0.717) is 0 Å². The van der Waals surface area contributed by atoms with Crippen LogP contribution in [0.15, 0.2) is 59.5 Å². The fourth-order valence-electron chi connectivity index (χ4n) is 10.8. The van der Waals surface area contributed by atoms with Gasteiger partial charge in [-0.3, -0.25) is 19.7 Å². The van der Waals surface area contributed by atoms with E-state index in [2.05, 4.69) is 51.7 Å². The largest absolute Gasteiger partial charge is 0.493 e. The Morgan fingerprint density at radius 1 is 0.854 bits per heavy atom. The van der Waals surface area contributed by atoms with Gasteiger partial charge in [-0.05, 0) is 55.3 Å². The molecular formula is C59H80N4O22S4. The van der Waals surface area contributed by atoms with E-state index in [1.807, 2.05) is 33.3 Å². The number of rotatable bonds is 25. The van der Waals surface area contributed by atoms with Gasteiger partial charge >= 0.3 is 12.1 Å². The highest BCUT2D eigenvalue weighted by atomic mass is 33.5. The number of hydrogen-bond acceptors (Lipinski definition) is 28. The van der Waals surface area contributed by atoms with Crippen LogP contribution in [0.5, 0.6) is 11.5 Å². The normalized spacial score (nSPS) is 34.4. The monoisotopic (exact) mass is 1320 g/mol. The second kappa shape index (κ2) is 33.3. The summed E-state index contributed by atoms with van der Waals surface area (Å²) in [6, 6.07) is 1.39. The number of carbonyl (C=O) groups is 4. The summed E-state index contributed by atoms with van der Waals surface area (Å²) in [6.07, 6.45) is -11.7. The van der Waals surface area contributed by atoms with E-state index in [9.17, 15) is 34.8 Å². The standard InChI is InChI=1S/C59H80N4O22S4/c1-28(2)60-36-27-77-43(25-39(36)73-8)83-52-50(66)47(63-85-45-24-37(64)53(86-12)31(5)79-45)29(3)80-57(52)82-38-18-16-14-15-17-20-59(71)34(19-21-88-89-87-13)46(38)48(62-58(70)76-11)51(67)54(59)84-44-26-42(49(65)30(4)78-44)81-56(69)33-22-40(74-9)41(75-10)23-35(33)61-55(68)32(6)72-7/h14-15,19,22-23,28-31,36-39,42-45,47,49-50,52-54,57,60,63-66,71H,6,21,24-27H2,1-5,7-13H3,(H,61,68)(H,62,70)/b15-14-,34-19+/t29-,30+,31-,36+,37+,38+,39+,42+,43+,44?,45+,47-,49+,50+,52+,53-,54-,57+,59-/m1/s1. The van der Waals surface area contributed by atoms with Crippen LogP contribution in [0.25, 0.3) is 0 Å². The number of carbonyl (C=O) groups excluding carboxylic acids is 4. The van der Waals surface area contributed by atoms with E-state index in [-0.39, 0.29) is 88.3 Å². The first-order chi connectivity index (χ1) is 42.5. The quantitative estimate of drug-likeness (QED) is 0.0132. The molecule has 1 unspecified atom stereocenters. The third-order valence-corrected chi connectivity index (χ3v) is 20.2. The van der Waals surface area contributed by atoms with Crippen molar-refractivity contribution in [1.29, 1.82) is 0 Å². The van der Waals surface area contributed by atoms with Gasteiger partial charge < -0.3 is 92.6 Å². The molecule has 4 aliphatic heterocycles. The summed E-state index contributed by atoms with van der Waals surface area (Å²) in [5.41, 5.74) is -0.949. The average Bonchev–Trinajstić information content (AvgIpc) is 0.971. The molecule has 0 aromatic heterocycles. The fraction of sp³-hybridized carbons (Fsp3) is 0.627. The molecule has 0 radical (unpaired) electrons. The molecule has 0 saturated carbocycles. The molecule has 4 heterocycles. The van der Waals surface area contributed by atoms with Crippen LogP contribution in [-0.4, -0.2) is 226 Å². The van der Waals surface area contributed by atoms with Gasteiger partial charge in [0.05, 0.1) is 99.8 Å². The van der Waals surface area contributed by atoms with Gasteiger partial charge in [0, 0.05) is 61.4 Å². The minimum absolute atomic E-state index is 0.0843. The van der Waals surface area contributed by atoms with Crippen molar-refractivity contribution in [1.82, 2.24) is 16.1 Å². The minimum Gasteiger partial charge on any atom is -0.493 e. The van der Waals surface area contributed by atoms with Gasteiger partial charge in [0.2, 0.25) is 5.78 Å². The van der Waals surface area contributed by atoms with Gasteiger partial charge in [-0.1, -0.05) is 71.8 Å². The molecule has 4 saturated heterocycles. The minimum atomic E-state index is -2.66. The number of methoxy groups -OCH3 is 5. The van der Waals surface area contributed by atoms with Crippen LogP contribution < -0.4 is 30.9 Å². The SMILES string of the molecule is C=C(OC)C(=O)Nc1cc(OC)c(OC)cc1C(=O)O[C@H]1CC(O[C@@H]2C(=O)C(NC(=O)OC)=C3/C(=C\CSSSC)[C@]2(O)C#C/C=C\C#C[C@@H]3O[C@@H]2O[C@H](C)[C@@H](NO[C@H]3C[C@H](O)[C@H](SC)[C@@H](C)O3)[C@H](O)[C@@H]2O[C@H]2C[C@H](OC)[C@@H](NC(C)C)CO2)O[C@@H](C)[C@@H]1O. The van der Waals surface area contributed by atoms with Crippen molar-refractivity contribution >= 4 is 72.6 Å². The van der Waals surface area contributed by atoms with Crippen molar-refractivity contribution in [3.05, 3.63) is 65.1 Å². The molecule has 1 aromatic rings. The van der Waals surface area contributed by atoms with Crippen molar-refractivity contribution in [3.8, 4) is 35.2 Å². The Balaban J connectivity index is 1.27. The number of allylic oxidation sites excluding steroid dienone is 2. The van der Waals surface area contributed by atoms with Gasteiger partial charge in [0.15, 0.2) is 54.1 Å². The maximum absolute atomic E-state index is 15.6. The number of Topliss-reactive ketones (excluding diaryl/α,β-unsaturated/α-hetero) is 1. The number of aliphatic hydroxyl groups is 4. The summed E-state index contributed by atoms with van der Waals surface area (Å²) in [6.45, 7) is 12.6. The van der Waals surface area contributed by atoms with Crippen molar-refractivity contribution in [2.45, 2.75) is 175 Å². The first-order valence-corrected chi connectivity index (χ1v) is 33.8. The number of hydroxylamine groups is 1. The zero-order valence-electron chi connectivity index (χ0n) is 51.4. The summed E-state index contributed by atoms with van der Waals surface area (Å²) in [5.74, 6) is 8.60. The van der Waals surface area contributed by atoms with E-state index >= 15 is 4.79 Å². The lowest BCUT2D eigenvalue weighted by atomic mass is 9.73. The lowest BCUT2D eigenvalue weighted by Gasteiger charge is -2.47. The van der Waals surface area contributed by atoms with Gasteiger partial charge in [-0.2, -0.15) is 17.2 Å². The molecule has 0 spiro atoms. The summed E-state index contributed by atoms with van der Waals surface area (Å²) >= 11 is 1.47. The third-order valence-electron chi connectivity index (χ3n) is 15.2. The second-order valence-electron chi connectivity index (χ2n) is 21.4. The van der Waals surface area contributed by atoms with Crippen LogP contribution in [0, 0.1) is 23.7 Å². The van der Waals surface area contributed by atoms with E-state index in [0.717, 1.165) is 7.11 Å². The smallest absolute Gasteiger partial charge is 0.411 e. The maximum atomic E-state index is 15.6. The van der Waals surface area contributed by atoms with Crippen molar-refractivity contribution in [2.24, 2.45) is 0 Å². The number of amides is 2. The Morgan fingerprint density at radius 3 is 2.22 bits per heavy atom. The van der Waals surface area contributed by atoms with Gasteiger partial charge in [0.1, 0.15) is 30.5 Å². The van der Waals surface area contributed by atoms with E-state index < -0.39 is 134 Å². The molecule has 2 aliphatic carbocycles. The van der Waals surface area contributed by atoms with Crippen LogP contribution in [0.2, 0.25) is 0 Å². The van der Waals surface area contributed by atoms with Crippen LogP contribution in [-0.2, 0) is 66.5 Å². The van der Waals surface area contributed by atoms with E-state index in [4.69, 9.17) is 66.4 Å². The molecule has 7 rings (SSSR count). The van der Waals surface area contributed by atoms with Crippen LogP contribution >= 0.6 is 43.2 Å². The molecule has 30 heteroatoms. The number of thioether (sulfide) groups is 1. The molecule has 19 atom stereocenters. The third kappa shape index (κ3) is 17.6. The van der Waals surface area contributed by atoms with Crippen molar-refractivity contribution < 1.29 is 106 Å². The molecular weight excluding hydrogens is 1240 g/mol. The molecule has 4 fully saturated rings. The van der Waals surface area contributed by atoms with Gasteiger partial charge in [-0.25, -0.2) is 9.59 Å². The Kier molecular flexibility index (Phi) is 26.9. The Bertz CT molecular complexity index is 2890. The Hall–Kier alpha value is -4.62. The van der Waals surface area contributed by atoms with Crippen LogP contribution in [0.3, 0.4) is 0 Å². The lowest BCUT2D eigenvalue weighted by molar-refractivity contribution is -0.336. The first kappa shape index (κ1) is 71.8. The summed E-state index contributed by atoms with van der Waals surface area (Å²) < 4.78 is 77.9. The molecule has 492 valence electrons. The van der Waals surface area contributed by atoms with E-state index in [1.165, 1.54) is 95.7 Å². The number of hydrogen-bond donors (Lipinski definition) is 8. The predicted octanol–water partition coefficient (Wildman–Crippen LogP) is 3.42. The Labute approximate surface area is 533 Å². The number of anilines is 1. The van der Waals surface area contributed by atoms with Gasteiger partial charge in [0.25, 0.3) is 5.91 Å². The van der Waals surface area contributed by atoms with Crippen molar-refractivity contribution in [2.75, 3.05) is 65.7 Å². The van der Waals surface area contributed by atoms with Crippen molar-refractivity contribution in [3.63, 3.8) is 0 Å². The van der Waals surface area contributed by atoms with E-state index in [1.54, 1.807) is 20.1 Å². The summed E-state index contributed by atoms with van der Waals surface area (Å²) in [5, 5.41) is 56.8. The Morgan fingerprint density at radius 2 is 1.56 bits per heavy atom. The predicted molar refractivity (Wildman–Crippen MR) is 330 cm³/mol. The summed E-state index contributed by atoms with van der Waals surface area (Å²) in [4.78, 5) is 62.5. The highest BCUT2D eigenvalue weighted by Gasteiger charge is 2.57. The highest BCUT2D eigenvalue weighted by molar-refractivity contribution is 9.09. The number of aliphatic hydroxyl groups excluding tert-OH is 3. The number of ether oxygens (including phenoxy) is 13. The first-order valence-electron chi connectivity index (χ1n) is 28.4. The molecule has 26 nitrogen and oxygen atoms in total. The topological polar surface area (TPSA) is 327 Å². The van der Waals surface area contributed by atoms with Gasteiger partial charge in [-0.15, -0.1) is 0 Å². The highest BCUT2D eigenvalue weighted by Crippen LogP contribution is 2.44. The molecule has 1 aromatic carbocycles. The number of esters is 1. The molecule has 2 amide bonds.